The molecule has 0 aromatic carbocycles. The van der Waals surface area contributed by atoms with Crippen molar-refractivity contribution < 1.29 is 19.1 Å². The minimum Gasteiger partial charge on any atom is -0.467 e. The van der Waals surface area contributed by atoms with Crippen LogP contribution in [0.25, 0.3) is 10.2 Å². The summed E-state index contributed by atoms with van der Waals surface area (Å²) in [6, 6.07) is 0. The third-order valence-electron chi connectivity index (χ3n) is 3.32. The molecule has 0 saturated heterocycles. The molecule has 0 fully saturated rings. The molecule has 2 amide bonds. The number of nitrogens with zero attached hydrogens (tertiary/aromatic N) is 2. The van der Waals surface area contributed by atoms with Gasteiger partial charge < -0.3 is 9.47 Å². The molecule has 0 unspecified atom stereocenters. The van der Waals surface area contributed by atoms with Crippen molar-refractivity contribution in [1.82, 2.24) is 15.3 Å². The van der Waals surface area contributed by atoms with E-state index in [1.54, 1.807) is 18.3 Å². The standard InChI is InChI=1S/C14H15N3O4S/c1-2-20-14(19)17-10(18)6-21-12-11-8-4-3-5-9(8)22-13(11)16-7-15-12/h7H,2-6H2,1H3,(H,17,18,19). The fourth-order valence-corrected chi connectivity index (χ4v) is 3.68. The number of rotatable bonds is 4. The maximum absolute atomic E-state index is 11.6. The Hall–Kier alpha value is -2.22. The van der Waals surface area contributed by atoms with E-state index in [4.69, 9.17) is 4.74 Å². The van der Waals surface area contributed by atoms with Crippen LogP contribution in [0.1, 0.15) is 23.8 Å². The van der Waals surface area contributed by atoms with Crippen LogP contribution in [0.5, 0.6) is 5.88 Å². The Morgan fingerprint density at radius 3 is 3.05 bits per heavy atom. The number of ether oxygens (including phenoxy) is 2. The van der Waals surface area contributed by atoms with Gasteiger partial charge in [-0.25, -0.2) is 14.8 Å². The first kappa shape index (κ1) is 14.7. The number of nitrogens with one attached hydrogen (secondary N) is 1. The van der Waals surface area contributed by atoms with Gasteiger partial charge in [-0.2, -0.15) is 0 Å². The smallest absolute Gasteiger partial charge is 0.413 e. The summed E-state index contributed by atoms with van der Waals surface area (Å²) in [6.07, 6.45) is 3.80. The molecule has 0 spiro atoms. The normalized spacial score (nSPS) is 13.0. The zero-order valence-corrected chi connectivity index (χ0v) is 12.9. The minimum atomic E-state index is -0.777. The van der Waals surface area contributed by atoms with Gasteiger partial charge in [-0.3, -0.25) is 10.1 Å². The van der Waals surface area contributed by atoms with E-state index in [2.05, 4.69) is 20.0 Å². The topological polar surface area (TPSA) is 90.4 Å². The van der Waals surface area contributed by atoms with Gasteiger partial charge in [-0.05, 0) is 31.7 Å². The van der Waals surface area contributed by atoms with Gasteiger partial charge in [0, 0.05) is 4.88 Å². The molecule has 1 aliphatic carbocycles. The van der Waals surface area contributed by atoms with Crippen LogP contribution in [-0.2, 0) is 22.4 Å². The van der Waals surface area contributed by atoms with Crippen LogP contribution in [0.3, 0.4) is 0 Å². The molecule has 116 valence electrons. The average Bonchev–Trinajstić information content (AvgIpc) is 3.05. The maximum atomic E-state index is 11.6. The van der Waals surface area contributed by atoms with Crippen LogP contribution in [-0.4, -0.2) is 35.2 Å². The molecule has 0 bridgehead atoms. The molecular formula is C14H15N3O4S. The van der Waals surface area contributed by atoms with E-state index in [9.17, 15) is 9.59 Å². The van der Waals surface area contributed by atoms with Gasteiger partial charge in [0.1, 0.15) is 11.2 Å². The molecule has 7 nitrogen and oxygen atoms in total. The quantitative estimate of drug-likeness (QED) is 0.924. The Bertz CT molecular complexity index is 728. The molecule has 2 aromatic rings. The molecule has 2 heterocycles. The predicted molar refractivity (Wildman–Crippen MR) is 80.1 cm³/mol. The van der Waals surface area contributed by atoms with E-state index >= 15 is 0 Å². The summed E-state index contributed by atoms with van der Waals surface area (Å²) >= 11 is 1.65. The van der Waals surface area contributed by atoms with Crippen molar-refractivity contribution in [2.75, 3.05) is 13.2 Å². The summed E-state index contributed by atoms with van der Waals surface area (Å²) in [5.41, 5.74) is 1.22. The molecule has 1 N–H and O–H groups in total. The monoisotopic (exact) mass is 321 g/mol. The third-order valence-corrected chi connectivity index (χ3v) is 4.52. The summed E-state index contributed by atoms with van der Waals surface area (Å²) in [4.78, 5) is 33.4. The largest absolute Gasteiger partial charge is 0.467 e. The van der Waals surface area contributed by atoms with Crippen molar-refractivity contribution in [2.24, 2.45) is 0 Å². The van der Waals surface area contributed by atoms with Crippen molar-refractivity contribution in [3.63, 3.8) is 0 Å². The zero-order chi connectivity index (χ0) is 15.5. The molecule has 3 rings (SSSR count). The van der Waals surface area contributed by atoms with Gasteiger partial charge in [0.25, 0.3) is 5.91 Å². The lowest BCUT2D eigenvalue weighted by molar-refractivity contribution is -0.122. The Morgan fingerprint density at radius 1 is 1.36 bits per heavy atom. The second kappa shape index (κ2) is 6.27. The lowest BCUT2D eigenvalue weighted by atomic mass is 10.2. The number of hydrogen-bond donors (Lipinski definition) is 1. The Kier molecular flexibility index (Phi) is 4.19. The van der Waals surface area contributed by atoms with Crippen LogP contribution in [0.15, 0.2) is 6.33 Å². The molecule has 0 atom stereocenters. The van der Waals surface area contributed by atoms with E-state index in [0.29, 0.717) is 5.88 Å². The number of amides is 2. The highest BCUT2D eigenvalue weighted by Crippen LogP contribution is 2.39. The highest BCUT2D eigenvalue weighted by molar-refractivity contribution is 7.18. The first-order valence-electron chi connectivity index (χ1n) is 7.03. The highest BCUT2D eigenvalue weighted by Gasteiger charge is 2.22. The summed E-state index contributed by atoms with van der Waals surface area (Å²) < 4.78 is 10.1. The van der Waals surface area contributed by atoms with E-state index in [0.717, 1.165) is 29.5 Å². The van der Waals surface area contributed by atoms with Gasteiger partial charge in [-0.15, -0.1) is 11.3 Å². The summed E-state index contributed by atoms with van der Waals surface area (Å²) in [7, 11) is 0. The second-order valence-electron chi connectivity index (χ2n) is 4.77. The zero-order valence-electron chi connectivity index (χ0n) is 12.0. The van der Waals surface area contributed by atoms with Crippen LogP contribution in [0.4, 0.5) is 4.79 Å². The summed E-state index contributed by atoms with van der Waals surface area (Å²) in [5.74, 6) is -0.180. The van der Waals surface area contributed by atoms with Crippen molar-refractivity contribution in [3.8, 4) is 5.88 Å². The molecule has 22 heavy (non-hydrogen) atoms. The van der Waals surface area contributed by atoms with Gasteiger partial charge in [0.05, 0.1) is 12.0 Å². The van der Waals surface area contributed by atoms with Crippen LogP contribution in [0, 0.1) is 0 Å². The number of carbonyl (C=O) groups is 2. The van der Waals surface area contributed by atoms with Crippen LogP contribution >= 0.6 is 11.3 Å². The lowest BCUT2D eigenvalue weighted by Gasteiger charge is -2.07. The fraction of sp³-hybridized carbons (Fsp3) is 0.429. The van der Waals surface area contributed by atoms with Crippen molar-refractivity contribution >= 4 is 33.6 Å². The van der Waals surface area contributed by atoms with E-state index in [-0.39, 0.29) is 13.2 Å². The average molecular weight is 321 g/mol. The first-order valence-corrected chi connectivity index (χ1v) is 7.85. The molecule has 1 aliphatic rings. The molecule has 0 radical (unpaired) electrons. The number of hydrogen-bond acceptors (Lipinski definition) is 7. The second-order valence-corrected chi connectivity index (χ2v) is 5.86. The van der Waals surface area contributed by atoms with Gasteiger partial charge in [-0.1, -0.05) is 0 Å². The Labute approximate surface area is 130 Å². The molecular weight excluding hydrogens is 306 g/mol. The molecule has 0 saturated carbocycles. The summed E-state index contributed by atoms with van der Waals surface area (Å²) in [5, 5.41) is 2.97. The molecule has 8 heteroatoms. The third kappa shape index (κ3) is 2.87. The van der Waals surface area contributed by atoms with Crippen LogP contribution in [0.2, 0.25) is 0 Å². The van der Waals surface area contributed by atoms with Crippen molar-refractivity contribution in [2.45, 2.75) is 26.2 Å². The Balaban J connectivity index is 1.72. The van der Waals surface area contributed by atoms with Crippen molar-refractivity contribution in [1.29, 1.82) is 0 Å². The molecule has 2 aromatic heterocycles. The summed E-state index contributed by atoms with van der Waals surface area (Å²) in [6.45, 7) is 1.57. The fourth-order valence-electron chi connectivity index (χ4n) is 2.46. The number of thiophene rings is 1. The van der Waals surface area contributed by atoms with Crippen LogP contribution < -0.4 is 10.1 Å². The van der Waals surface area contributed by atoms with Gasteiger partial charge in [0.15, 0.2) is 6.61 Å². The number of aromatic nitrogens is 2. The van der Waals surface area contributed by atoms with Gasteiger partial charge >= 0.3 is 6.09 Å². The number of alkyl carbamates (subject to hydrolysis) is 1. The minimum absolute atomic E-state index is 0.202. The lowest BCUT2D eigenvalue weighted by Crippen LogP contribution is -2.34. The van der Waals surface area contributed by atoms with Crippen molar-refractivity contribution in [3.05, 3.63) is 16.8 Å². The molecule has 0 aliphatic heterocycles. The number of aryl methyl sites for hydroxylation is 2. The predicted octanol–water partition coefficient (Wildman–Crippen LogP) is 1.83. The number of fused-ring (bicyclic) bond motifs is 3. The number of imide groups is 1. The first-order chi connectivity index (χ1) is 10.7. The maximum Gasteiger partial charge on any atom is 0.413 e. The number of carbonyl (C=O) groups excluding carboxylic acids is 2. The van der Waals surface area contributed by atoms with E-state index < -0.39 is 12.0 Å². The SMILES string of the molecule is CCOC(=O)NC(=O)COc1ncnc2sc3c(c12)CCC3. The van der Waals surface area contributed by atoms with E-state index in [1.165, 1.54) is 16.8 Å². The van der Waals surface area contributed by atoms with E-state index in [1.807, 2.05) is 0 Å². The highest BCUT2D eigenvalue weighted by atomic mass is 32.1. The Morgan fingerprint density at radius 2 is 2.23 bits per heavy atom. The van der Waals surface area contributed by atoms with Gasteiger partial charge in [0.2, 0.25) is 5.88 Å².